The van der Waals surface area contributed by atoms with Gasteiger partial charge in [-0.3, -0.25) is 9.59 Å². The molecule has 0 aliphatic carbocycles. The standard InChI is InChI=1S/C17H23Cl2N3O2/c1-11-3-2-6-22(10-11)16(23)12-4-7-21(8-5-12)17(24)14-9-13(18)15(19)20-14/h9,11-12,20H,2-8,10H2,1H3. The SMILES string of the molecule is CC1CCCN(C(=O)C2CCN(C(=O)c3cc(Cl)c(Cl)[nH]3)CC2)C1. The highest BCUT2D eigenvalue weighted by Gasteiger charge is 2.32. The average molecular weight is 372 g/mol. The second-order valence-corrected chi connectivity index (χ2v) is 7.73. The Labute approximate surface area is 152 Å². The van der Waals surface area contributed by atoms with Crippen molar-refractivity contribution in [2.24, 2.45) is 11.8 Å². The largest absolute Gasteiger partial charge is 0.342 e. The third-order valence-electron chi connectivity index (χ3n) is 5.06. The predicted molar refractivity (Wildman–Crippen MR) is 94.4 cm³/mol. The highest BCUT2D eigenvalue weighted by Crippen LogP contribution is 2.26. The fraction of sp³-hybridized carbons (Fsp3) is 0.647. The van der Waals surface area contributed by atoms with Crippen molar-refractivity contribution in [3.8, 4) is 0 Å². The molecule has 3 heterocycles. The lowest BCUT2D eigenvalue weighted by molar-refractivity contribution is -0.138. The van der Waals surface area contributed by atoms with Gasteiger partial charge in [0.25, 0.3) is 5.91 Å². The zero-order chi connectivity index (χ0) is 17.3. The van der Waals surface area contributed by atoms with E-state index in [1.807, 2.05) is 4.90 Å². The maximum atomic E-state index is 12.7. The molecule has 2 saturated heterocycles. The van der Waals surface area contributed by atoms with E-state index < -0.39 is 0 Å². The molecule has 0 spiro atoms. The van der Waals surface area contributed by atoms with Crippen molar-refractivity contribution in [1.29, 1.82) is 0 Å². The summed E-state index contributed by atoms with van der Waals surface area (Å²) in [6.45, 7) is 5.13. The van der Waals surface area contributed by atoms with Gasteiger partial charge < -0.3 is 14.8 Å². The second kappa shape index (κ2) is 7.36. The Morgan fingerprint density at radius 1 is 1.12 bits per heavy atom. The molecular weight excluding hydrogens is 349 g/mol. The average Bonchev–Trinajstić information content (AvgIpc) is 2.93. The van der Waals surface area contributed by atoms with Crippen molar-refractivity contribution < 1.29 is 9.59 Å². The summed E-state index contributed by atoms with van der Waals surface area (Å²) in [5.41, 5.74) is 0.402. The number of nitrogens with one attached hydrogen (secondary N) is 1. The fourth-order valence-corrected chi connectivity index (χ4v) is 3.98. The normalized spacial score (nSPS) is 22.7. The van der Waals surface area contributed by atoms with Crippen LogP contribution >= 0.6 is 23.2 Å². The first kappa shape index (κ1) is 17.6. The van der Waals surface area contributed by atoms with Crippen molar-refractivity contribution in [2.75, 3.05) is 26.2 Å². The van der Waals surface area contributed by atoms with Gasteiger partial charge in [-0.15, -0.1) is 0 Å². The summed E-state index contributed by atoms with van der Waals surface area (Å²) in [5.74, 6) is 0.780. The van der Waals surface area contributed by atoms with Crippen LogP contribution in [0.2, 0.25) is 10.2 Å². The number of rotatable bonds is 2. The van der Waals surface area contributed by atoms with Gasteiger partial charge in [-0.2, -0.15) is 0 Å². The third-order valence-corrected chi connectivity index (χ3v) is 5.75. The maximum Gasteiger partial charge on any atom is 0.270 e. The zero-order valence-electron chi connectivity index (χ0n) is 13.9. The molecule has 2 aliphatic rings. The summed E-state index contributed by atoms with van der Waals surface area (Å²) >= 11 is 11.8. The molecule has 132 valence electrons. The van der Waals surface area contributed by atoms with Crippen molar-refractivity contribution in [2.45, 2.75) is 32.6 Å². The molecule has 1 atom stereocenters. The lowest BCUT2D eigenvalue weighted by Crippen LogP contribution is -2.47. The fourth-order valence-electron chi connectivity index (χ4n) is 3.67. The Balaban J connectivity index is 1.55. The Morgan fingerprint density at radius 2 is 1.83 bits per heavy atom. The summed E-state index contributed by atoms with van der Waals surface area (Å²) in [5, 5.41) is 0.633. The Hall–Kier alpha value is -1.20. The summed E-state index contributed by atoms with van der Waals surface area (Å²) in [6.07, 6.45) is 3.74. The van der Waals surface area contributed by atoms with Crippen LogP contribution in [0.25, 0.3) is 0 Å². The van der Waals surface area contributed by atoms with E-state index in [2.05, 4.69) is 11.9 Å². The molecule has 0 saturated carbocycles. The summed E-state index contributed by atoms with van der Waals surface area (Å²) in [7, 11) is 0. The molecule has 2 aliphatic heterocycles. The smallest absolute Gasteiger partial charge is 0.270 e. The minimum Gasteiger partial charge on any atom is -0.342 e. The third kappa shape index (κ3) is 3.72. The predicted octanol–water partition coefficient (Wildman–Crippen LogP) is 3.43. The van der Waals surface area contributed by atoms with E-state index in [9.17, 15) is 9.59 Å². The monoisotopic (exact) mass is 371 g/mol. The molecular formula is C17H23Cl2N3O2. The minimum atomic E-state index is -0.110. The van der Waals surface area contributed by atoms with E-state index in [0.29, 0.717) is 29.7 Å². The first-order valence-corrected chi connectivity index (χ1v) is 9.33. The number of likely N-dealkylation sites (tertiary alicyclic amines) is 2. The Kier molecular flexibility index (Phi) is 5.40. The molecule has 2 fully saturated rings. The number of aromatic nitrogens is 1. The van der Waals surface area contributed by atoms with Crippen LogP contribution in [0, 0.1) is 11.8 Å². The molecule has 7 heteroatoms. The number of carbonyl (C=O) groups excluding carboxylic acids is 2. The van der Waals surface area contributed by atoms with Crippen LogP contribution in [-0.4, -0.2) is 52.8 Å². The highest BCUT2D eigenvalue weighted by molar-refractivity contribution is 6.41. The number of hydrogen-bond donors (Lipinski definition) is 1. The van der Waals surface area contributed by atoms with E-state index in [1.165, 1.54) is 6.42 Å². The highest BCUT2D eigenvalue weighted by atomic mass is 35.5. The molecule has 0 aromatic carbocycles. The van der Waals surface area contributed by atoms with Crippen LogP contribution in [0.15, 0.2) is 6.07 Å². The van der Waals surface area contributed by atoms with E-state index >= 15 is 0 Å². The summed E-state index contributed by atoms with van der Waals surface area (Å²) in [4.78, 5) is 31.7. The zero-order valence-corrected chi connectivity index (χ0v) is 15.4. The van der Waals surface area contributed by atoms with E-state index in [0.717, 1.165) is 32.4 Å². The van der Waals surface area contributed by atoms with E-state index in [1.54, 1.807) is 11.0 Å². The summed E-state index contributed by atoms with van der Waals surface area (Å²) in [6, 6.07) is 1.55. The number of piperidine rings is 2. The van der Waals surface area contributed by atoms with Crippen LogP contribution in [0.5, 0.6) is 0 Å². The number of aromatic amines is 1. The van der Waals surface area contributed by atoms with Crippen LogP contribution in [0.1, 0.15) is 43.1 Å². The van der Waals surface area contributed by atoms with Crippen LogP contribution in [0.3, 0.4) is 0 Å². The molecule has 1 aromatic heterocycles. The molecule has 1 aromatic rings. The van der Waals surface area contributed by atoms with Gasteiger partial charge in [0.2, 0.25) is 5.91 Å². The Morgan fingerprint density at radius 3 is 2.42 bits per heavy atom. The van der Waals surface area contributed by atoms with Gasteiger partial charge in [-0.1, -0.05) is 30.1 Å². The lowest BCUT2D eigenvalue weighted by Gasteiger charge is -2.37. The van der Waals surface area contributed by atoms with Gasteiger partial charge in [0.15, 0.2) is 0 Å². The molecule has 24 heavy (non-hydrogen) atoms. The van der Waals surface area contributed by atoms with Gasteiger partial charge in [0.05, 0.1) is 5.02 Å². The molecule has 0 bridgehead atoms. The molecule has 5 nitrogen and oxygen atoms in total. The van der Waals surface area contributed by atoms with Gasteiger partial charge in [0.1, 0.15) is 10.8 Å². The summed E-state index contributed by atoms with van der Waals surface area (Å²) < 4.78 is 0. The van der Waals surface area contributed by atoms with E-state index in [4.69, 9.17) is 23.2 Å². The topological polar surface area (TPSA) is 56.4 Å². The number of halogens is 2. The van der Waals surface area contributed by atoms with Crippen molar-refractivity contribution in [3.63, 3.8) is 0 Å². The quantitative estimate of drug-likeness (QED) is 0.865. The number of H-pyrrole nitrogens is 1. The van der Waals surface area contributed by atoms with Crippen LogP contribution < -0.4 is 0 Å². The number of carbonyl (C=O) groups is 2. The first-order chi connectivity index (χ1) is 11.5. The van der Waals surface area contributed by atoms with E-state index in [-0.39, 0.29) is 22.9 Å². The molecule has 2 amide bonds. The second-order valence-electron chi connectivity index (χ2n) is 6.94. The minimum absolute atomic E-state index is 0.0372. The van der Waals surface area contributed by atoms with Gasteiger partial charge in [-0.05, 0) is 37.7 Å². The molecule has 1 unspecified atom stereocenters. The lowest BCUT2D eigenvalue weighted by atomic mass is 9.92. The number of hydrogen-bond acceptors (Lipinski definition) is 2. The van der Waals surface area contributed by atoms with Gasteiger partial charge in [0, 0.05) is 32.1 Å². The van der Waals surface area contributed by atoms with Crippen LogP contribution in [-0.2, 0) is 4.79 Å². The van der Waals surface area contributed by atoms with Crippen LogP contribution in [0.4, 0.5) is 0 Å². The van der Waals surface area contributed by atoms with Crippen molar-refractivity contribution >= 4 is 35.0 Å². The van der Waals surface area contributed by atoms with Gasteiger partial charge >= 0.3 is 0 Å². The van der Waals surface area contributed by atoms with Crippen molar-refractivity contribution in [1.82, 2.24) is 14.8 Å². The Bertz CT molecular complexity index is 604. The number of nitrogens with zero attached hydrogens (tertiary/aromatic N) is 2. The molecule has 0 radical (unpaired) electrons. The molecule has 3 rings (SSSR count). The first-order valence-electron chi connectivity index (χ1n) is 8.57. The van der Waals surface area contributed by atoms with Gasteiger partial charge in [-0.25, -0.2) is 0 Å². The molecule has 1 N–H and O–H groups in total. The maximum absolute atomic E-state index is 12.7. The van der Waals surface area contributed by atoms with Crippen molar-refractivity contribution in [3.05, 3.63) is 21.9 Å². The number of amides is 2.